The van der Waals surface area contributed by atoms with Gasteiger partial charge in [-0.2, -0.15) is 5.10 Å². The van der Waals surface area contributed by atoms with Gasteiger partial charge in [-0.3, -0.25) is 14.3 Å². The Morgan fingerprint density at radius 1 is 1.35 bits per heavy atom. The van der Waals surface area contributed by atoms with Crippen LogP contribution in [-0.2, 0) is 16.1 Å². The molecule has 1 aromatic heterocycles. The number of benzene rings is 1. The molecule has 1 amide bonds. The summed E-state index contributed by atoms with van der Waals surface area (Å²) in [5.41, 5.74) is 2.27. The maximum Gasteiger partial charge on any atom is 0.305 e. The molecular formula is C16H18ClN3O3. The SMILES string of the molecule is Cc1cc(C)n(CC(=O)N[C@@H](CC(=O)O)c2ccccc2Cl)n1. The lowest BCUT2D eigenvalue weighted by Gasteiger charge is -2.19. The number of nitrogens with zero attached hydrogens (tertiary/aromatic N) is 2. The standard InChI is InChI=1S/C16H18ClN3O3/c1-10-7-11(2)20(19-10)9-15(21)18-14(8-16(22)23)12-5-3-4-6-13(12)17/h3-7,14H,8-9H2,1-2H3,(H,18,21)(H,22,23)/t14-/m0/s1. The van der Waals surface area contributed by atoms with Crippen LogP contribution in [0.2, 0.25) is 5.02 Å². The van der Waals surface area contributed by atoms with Crippen LogP contribution < -0.4 is 5.32 Å². The van der Waals surface area contributed by atoms with Crippen LogP contribution in [0, 0.1) is 13.8 Å². The highest BCUT2D eigenvalue weighted by Crippen LogP contribution is 2.25. The van der Waals surface area contributed by atoms with Gasteiger partial charge in [-0.1, -0.05) is 29.8 Å². The van der Waals surface area contributed by atoms with E-state index in [-0.39, 0.29) is 18.9 Å². The number of carboxylic acid groups (broad SMARTS) is 1. The smallest absolute Gasteiger partial charge is 0.305 e. The first-order valence-electron chi connectivity index (χ1n) is 7.13. The molecule has 1 heterocycles. The number of carbonyl (C=O) groups excluding carboxylic acids is 1. The number of carboxylic acids is 1. The number of aromatic nitrogens is 2. The van der Waals surface area contributed by atoms with Crippen molar-refractivity contribution in [2.45, 2.75) is 32.9 Å². The minimum absolute atomic E-state index is 0.0280. The quantitative estimate of drug-likeness (QED) is 0.849. The minimum Gasteiger partial charge on any atom is -0.481 e. The molecule has 0 aliphatic carbocycles. The predicted octanol–water partition coefficient (Wildman–Crippen LogP) is 2.49. The molecule has 2 aromatic rings. The number of carbonyl (C=O) groups is 2. The minimum atomic E-state index is -1.01. The van der Waals surface area contributed by atoms with Gasteiger partial charge in [-0.05, 0) is 31.5 Å². The van der Waals surface area contributed by atoms with Crippen molar-refractivity contribution in [2.24, 2.45) is 0 Å². The highest BCUT2D eigenvalue weighted by molar-refractivity contribution is 6.31. The Morgan fingerprint density at radius 3 is 2.61 bits per heavy atom. The van der Waals surface area contributed by atoms with Crippen LogP contribution in [0.3, 0.4) is 0 Å². The zero-order chi connectivity index (χ0) is 17.0. The molecule has 0 radical (unpaired) electrons. The summed E-state index contributed by atoms with van der Waals surface area (Å²) in [5.74, 6) is -1.33. The monoisotopic (exact) mass is 335 g/mol. The molecule has 0 fully saturated rings. The number of rotatable bonds is 6. The summed E-state index contributed by atoms with van der Waals surface area (Å²) in [7, 11) is 0. The Balaban J connectivity index is 2.14. The largest absolute Gasteiger partial charge is 0.481 e. The fourth-order valence-corrected chi connectivity index (χ4v) is 2.65. The fourth-order valence-electron chi connectivity index (χ4n) is 2.38. The van der Waals surface area contributed by atoms with Gasteiger partial charge in [0.1, 0.15) is 6.54 Å². The predicted molar refractivity (Wildman–Crippen MR) is 86.3 cm³/mol. The van der Waals surface area contributed by atoms with Gasteiger partial charge >= 0.3 is 5.97 Å². The van der Waals surface area contributed by atoms with Gasteiger partial charge in [-0.15, -0.1) is 0 Å². The summed E-state index contributed by atoms with van der Waals surface area (Å²) < 4.78 is 1.58. The van der Waals surface area contributed by atoms with E-state index in [0.29, 0.717) is 10.6 Å². The third-order valence-electron chi connectivity index (χ3n) is 3.39. The molecular weight excluding hydrogens is 318 g/mol. The third-order valence-corrected chi connectivity index (χ3v) is 3.74. The first-order valence-corrected chi connectivity index (χ1v) is 7.51. The molecule has 0 aliphatic heterocycles. The Morgan fingerprint density at radius 2 is 2.04 bits per heavy atom. The van der Waals surface area contributed by atoms with Crippen LogP contribution in [0.4, 0.5) is 0 Å². The number of hydrogen-bond donors (Lipinski definition) is 2. The Bertz CT molecular complexity index is 727. The molecule has 6 nitrogen and oxygen atoms in total. The van der Waals surface area contributed by atoms with Crippen LogP contribution in [0.5, 0.6) is 0 Å². The van der Waals surface area contributed by atoms with E-state index in [4.69, 9.17) is 16.7 Å². The van der Waals surface area contributed by atoms with Crippen molar-refractivity contribution < 1.29 is 14.7 Å². The number of nitrogens with one attached hydrogen (secondary N) is 1. The maximum atomic E-state index is 12.2. The first-order chi connectivity index (χ1) is 10.9. The average Bonchev–Trinajstić information content (AvgIpc) is 2.76. The lowest BCUT2D eigenvalue weighted by atomic mass is 10.0. The second kappa shape index (κ2) is 7.28. The van der Waals surface area contributed by atoms with Gasteiger partial charge in [0.25, 0.3) is 0 Å². The summed E-state index contributed by atoms with van der Waals surface area (Å²) >= 11 is 6.11. The van der Waals surface area contributed by atoms with E-state index in [0.717, 1.165) is 11.4 Å². The molecule has 0 saturated carbocycles. The summed E-state index contributed by atoms with van der Waals surface area (Å²) in [5, 5.41) is 16.4. The molecule has 122 valence electrons. The van der Waals surface area contributed by atoms with Gasteiger partial charge in [0.2, 0.25) is 5.91 Å². The van der Waals surface area contributed by atoms with Gasteiger partial charge in [0.05, 0.1) is 18.2 Å². The van der Waals surface area contributed by atoms with Gasteiger partial charge in [0, 0.05) is 10.7 Å². The zero-order valence-corrected chi connectivity index (χ0v) is 13.7. The molecule has 0 saturated heterocycles. The zero-order valence-electron chi connectivity index (χ0n) is 12.9. The Hall–Kier alpha value is -2.34. The van der Waals surface area contributed by atoms with Crippen molar-refractivity contribution in [1.29, 1.82) is 0 Å². The van der Waals surface area contributed by atoms with E-state index in [2.05, 4.69) is 10.4 Å². The van der Waals surface area contributed by atoms with Crippen molar-refractivity contribution in [3.05, 3.63) is 52.3 Å². The van der Waals surface area contributed by atoms with Gasteiger partial charge < -0.3 is 10.4 Å². The van der Waals surface area contributed by atoms with E-state index >= 15 is 0 Å². The lowest BCUT2D eigenvalue weighted by molar-refractivity contribution is -0.137. The van der Waals surface area contributed by atoms with E-state index in [9.17, 15) is 9.59 Å². The molecule has 0 aliphatic rings. The van der Waals surface area contributed by atoms with Crippen LogP contribution in [0.25, 0.3) is 0 Å². The Labute approximate surface area is 139 Å². The first kappa shape index (κ1) is 17.0. The van der Waals surface area contributed by atoms with Gasteiger partial charge in [-0.25, -0.2) is 0 Å². The van der Waals surface area contributed by atoms with E-state index in [1.54, 1.807) is 28.9 Å². The van der Waals surface area contributed by atoms with Crippen LogP contribution >= 0.6 is 11.6 Å². The summed E-state index contributed by atoms with van der Waals surface area (Å²) in [6.07, 6.45) is -0.243. The van der Waals surface area contributed by atoms with Crippen molar-refractivity contribution in [3.8, 4) is 0 Å². The summed E-state index contributed by atoms with van der Waals surface area (Å²) in [6.45, 7) is 3.73. The Kier molecular flexibility index (Phi) is 5.39. The van der Waals surface area contributed by atoms with Crippen LogP contribution in [0.15, 0.2) is 30.3 Å². The molecule has 1 atom stereocenters. The lowest BCUT2D eigenvalue weighted by Crippen LogP contribution is -2.33. The molecule has 0 bridgehead atoms. The second-order valence-electron chi connectivity index (χ2n) is 5.32. The molecule has 1 aromatic carbocycles. The van der Waals surface area contributed by atoms with Crippen molar-refractivity contribution >= 4 is 23.5 Å². The number of hydrogen-bond acceptors (Lipinski definition) is 3. The summed E-state index contributed by atoms with van der Waals surface area (Å²) in [4.78, 5) is 23.3. The van der Waals surface area contributed by atoms with Gasteiger partial charge in [0.15, 0.2) is 0 Å². The van der Waals surface area contributed by atoms with Crippen LogP contribution in [0.1, 0.15) is 29.4 Å². The van der Waals surface area contributed by atoms with Crippen molar-refractivity contribution in [2.75, 3.05) is 0 Å². The number of aliphatic carboxylic acids is 1. The number of amides is 1. The molecule has 23 heavy (non-hydrogen) atoms. The van der Waals surface area contributed by atoms with Crippen molar-refractivity contribution in [3.63, 3.8) is 0 Å². The number of halogens is 1. The normalized spacial score (nSPS) is 12.0. The molecule has 0 spiro atoms. The second-order valence-corrected chi connectivity index (χ2v) is 5.73. The molecule has 2 N–H and O–H groups in total. The molecule has 2 rings (SSSR count). The van der Waals surface area contributed by atoms with E-state index in [1.165, 1.54) is 0 Å². The highest BCUT2D eigenvalue weighted by atomic mass is 35.5. The third kappa shape index (κ3) is 4.56. The molecule has 7 heteroatoms. The maximum absolute atomic E-state index is 12.2. The van der Waals surface area contributed by atoms with E-state index < -0.39 is 12.0 Å². The topological polar surface area (TPSA) is 84.2 Å². The molecule has 0 unspecified atom stereocenters. The summed E-state index contributed by atoms with van der Waals surface area (Å²) in [6, 6.07) is 8.06. The van der Waals surface area contributed by atoms with E-state index in [1.807, 2.05) is 19.9 Å². The average molecular weight is 336 g/mol. The van der Waals surface area contributed by atoms with Crippen molar-refractivity contribution in [1.82, 2.24) is 15.1 Å². The number of aryl methyl sites for hydroxylation is 2. The fraction of sp³-hybridized carbons (Fsp3) is 0.312. The highest BCUT2D eigenvalue weighted by Gasteiger charge is 2.20. The van der Waals surface area contributed by atoms with Crippen LogP contribution in [-0.4, -0.2) is 26.8 Å².